The van der Waals surface area contributed by atoms with Crippen molar-refractivity contribution in [1.82, 2.24) is 9.88 Å². The zero-order chi connectivity index (χ0) is 22.3. The second-order valence-electron chi connectivity index (χ2n) is 8.61. The van der Waals surface area contributed by atoms with E-state index >= 15 is 0 Å². The largest absolute Gasteiger partial charge is 0.492 e. The van der Waals surface area contributed by atoms with Crippen molar-refractivity contribution in [2.24, 2.45) is 5.92 Å². The Morgan fingerprint density at radius 1 is 1.28 bits per heavy atom. The SMILES string of the molecule is O=C(c1ccc(OCC2CC(F)(F)C2)c(Cl)c1)N1CC[C@]2(c3ccccn3)OCO[C@@H]2C1. The lowest BCUT2D eigenvalue weighted by Crippen LogP contribution is -2.53. The van der Waals surface area contributed by atoms with Crippen LogP contribution in [0.3, 0.4) is 0 Å². The van der Waals surface area contributed by atoms with E-state index in [-0.39, 0.29) is 49.2 Å². The molecule has 2 saturated heterocycles. The minimum absolute atomic E-state index is 0.161. The summed E-state index contributed by atoms with van der Waals surface area (Å²) in [5.74, 6) is -2.53. The molecule has 2 aromatic rings. The number of carbonyl (C=O) groups excluding carboxylic acids is 1. The molecule has 1 aliphatic carbocycles. The van der Waals surface area contributed by atoms with E-state index in [1.165, 1.54) is 0 Å². The van der Waals surface area contributed by atoms with Crippen LogP contribution in [0.2, 0.25) is 5.02 Å². The van der Waals surface area contributed by atoms with E-state index in [9.17, 15) is 13.6 Å². The molecular formula is C23H23ClF2N2O4. The van der Waals surface area contributed by atoms with Crippen LogP contribution in [0.25, 0.3) is 0 Å². The number of alkyl halides is 2. The number of amides is 1. The summed E-state index contributed by atoms with van der Waals surface area (Å²) >= 11 is 6.31. The van der Waals surface area contributed by atoms with Crippen molar-refractivity contribution in [2.75, 3.05) is 26.5 Å². The monoisotopic (exact) mass is 464 g/mol. The highest BCUT2D eigenvalue weighted by Crippen LogP contribution is 2.43. The van der Waals surface area contributed by atoms with Crippen LogP contribution in [0.4, 0.5) is 8.78 Å². The number of carbonyl (C=O) groups is 1. The van der Waals surface area contributed by atoms with E-state index < -0.39 is 11.5 Å². The maximum Gasteiger partial charge on any atom is 0.254 e. The molecule has 6 nitrogen and oxygen atoms in total. The quantitative estimate of drug-likeness (QED) is 0.661. The number of rotatable bonds is 5. The number of aromatic nitrogens is 1. The Hall–Kier alpha value is -2.29. The van der Waals surface area contributed by atoms with Crippen LogP contribution in [0, 0.1) is 5.92 Å². The third-order valence-corrected chi connectivity index (χ3v) is 6.75. The van der Waals surface area contributed by atoms with Crippen LogP contribution in [0.1, 0.15) is 35.3 Å². The smallest absolute Gasteiger partial charge is 0.254 e. The number of pyridine rings is 1. The Kier molecular flexibility index (Phi) is 5.55. The van der Waals surface area contributed by atoms with Crippen molar-refractivity contribution in [1.29, 1.82) is 0 Å². The molecule has 3 heterocycles. The van der Waals surface area contributed by atoms with Crippen LogP contribution in [-0.4, -0.2) is 54.3 Å². The number of fused-ring (bicyclic) bond motifs is 1. The lowest BCUT2D eigenvalue weighted by atomic mass is 9.82. The lowest BCUT2D eigenvalue weighted by Gasteiger charge is -2.41. The molecule has 0 radical (unpaired) electrons. The zero-order valence-corrected chi connectivity index (χ0v) is 18.1. The fraction of sp³-hybridized carbons (Fsp3) is 0.478. The van der Waals surface area contributed by atoms with Gasteiger partial charge < -0.3 is 19.1 Å². The van der Waals surface area contributed by atoms with E-state index in [1.807, 2.05) is 18.2 Å². The van der Waals surface area contributed by atoms with Crippen molar-refractivity contribution in [3.63, 3.8) is 0 Å². The van der Waals surface area contributed by atoms with E-state index in [0.29, 0.717) is 30.8 Å². The van der Waals surface area contributed by atoms with Crippen LogP contribution in [0.5, 0.6) is 5.75 Å². The number of ether oxygens (including phenoxy) is 3. The Bertz CT molecular complexity index is 1000. The molecule has 0 unspecified atom stereocenters. The molecule has 2 aliphatic heterocycles. The van der Waals surface area contributed by atoms with Gasteiger partial charge >= 0.3 is 0 Å². The van der Waals surface area contributed by atoms with Crippen LogP contribution >= 0.6 is 11.6 Å². The summed E-state index contributed by atoms with van der Waals surface area (Å²) in [6, 6.07) is 10.5. The standard InChI is InChI=1S/C23H23ClF2N2O4/c24-17-9-16(4-5-18(17)30-13-15-10-22(25,26)11-15)21(29)28-8-6-23(19-3-1-2-7-27-19)20(12-28)31-14-32-23/h1-5,7,9,15,20H,6,8,10-14H2/t20-,23-/m1/s1. The maximum atomic E-state index is 13.1. The molecule has 3 aliphatic rings. The van der Waals surface area contributed by atoms with Crippen LogP contribution < -0.4 is 4.74 Å². The highest BCUT2D eigenvalue weighted by Gasteiger charge is 2.52. The van der Waals surface area contributed by atoms with Crippen LogP contribution in [-0.2, 0) is 15.1 Å². The van der Waals surface area contributed by atoms with Gasteiger partial charge in [-0.25, -0.2) is 8.78 Å². The third-order valence-electron chi connectivity index (χ3n) is 6.46. The minimum Gasteiger partial charge on any atom is -0.492 e. The first-order valence-electron chi connectivity index (χ1n) is 10.6. The summed E-state index contributed by atoms with van der Waals surface area (Å²) < 4.78 is 43.3. The number of likely N-dealkylation sites (tertiary alicyclic amines) is 1. The molecule has 2 atom stereocenters. The zero-order valence-electron chi connectivity index (χ0n) is 17.3. The summed E-state index contributed by atoms with van der Waals surface area (Å²) in [6.07, 6.45) is 1.66. The summed E-state index contributed by atoms with van der Waals surface area (Å²) in [4.78, 5) is 19.3. The minimum atomic E-state index is -2.58. The van der Waals surface area contributed by atoms with Gasteiger partial charge in [-0.05, 0) is 30.3 Å². The maximum absolute atomic E-state index is 13.1. The van der Waals surface area contributed by atoms with Gasteiger partial charge in [-0.3, -0.25) is 9.78 Å². The molecule has 1 aromatic heterocycles. The predicted molar refractivity (Wildman–Crippen MR) is 112 cm³/mol. The molecule has 0 N–H and O–H groups in total. The lowest BCUT2D eigenvalue weighted by molar-refractivity contribution is -0.119. The summed E-state index contributed by atoms with van der Waals surface area (Å²) in [5, 5.41) is 0.280. The first-order valence-corrected chi connectivity index (χ1v) is 11.0. The second-order valence-corrected chi connectivity index (χ2v) is 9.02. The Morgan fingerprint density at radius 2 is 2.12 bits per heavy atom. The number of hydrogen-bond donors (Lipinski definition) is 0. The van der Waals surface area contributed by atoms with E-state index in [4.69, 9.17) is 25.8 Å². The molecule has 32 heavy (non-hydrogen) atoms. The van der Waals surface area contributed by atoms with Crippen molar-refractivity contribution in [2.45, 2.75) is 36.9 Å². The number of hydrogen-bond acceptors (Lipinski definition) is 5. The highest BCUT2D eigenvalue weighted by atomic mass is 35.5. The Balaban J connectivity index is 1.24. The molecule has 1 saturated carbocycles. The van der Waals surface area contributed by atoms with Gasteiger partial charge in [0.05, 0.1) is 23.9 Å². The molecule has 1 amide bonds. The van der Waals surface area contributed by atoms with Crippen molar-refractivity contribution in [3.05, 3.63) is 58.9 Å². The molecule has 170 valence electrons. The first-order chi connectivity index (χ1) is 15.4. The number of halogens is 3. The summed E-state index contributed by atoms with van der Waals surface area (Å²) in [5.41, 5.74) is 0.594. The second kappa shape index (κ2) is 8.24. The average Bonchev–Trinajstić information content (AvgIpc) is 3.21. The number of benzene rings is 1. The van der Waals surface area contributed by atoms with Gasteiger partial charge in [0.25, 0.3) is 5.91 Å². The summed E-state index contributed by atoms with van der Waals surface area (Å²) in [6.45, 7) is 1.21. The Morgan fingerprint density at radius 3 is 2.84 bits per heavy atom. The summed E-state index contributed by atoms with van der Waals surface area (Å²) in [7, 11) is 0. The van der Waals surface area contributed by atoms with Crippen LogP contribution in [0.15, 0.2) is 42.6 Å². The van der Waals surface area contributed by atoms with Gasteiger partial charge in [0.2, 0.25) is 5.92 Å². The molecule has 1 aromatic carbocycles. The van der Waals surface area contributed by atoms with E-state index in [1.54, 1.807) is 29.3 Å². The molecule has 0 bridgehead atoms. The van der Waals surface area contributed by atoms with Gasteiger partial charge in [-0.2, -0.15) is 0 Å². The van der Waals surface area contributed by atoms with Gasteiger partial charge in [0, 0.05) is 43.5 Å². The van der Waals surface area contributed by atoms with E-state index in [0.717, 1.165) is 5.69 Å². The third kappa shape index (κ3) is 3.95. The molecule has 5 rings (SSSR count). The predicted octanol–water partition coefficient (Wildman–Crippen LogP) is 4.27. The van der Waals surface area contributed by atoms with Gasteiger partial charge in [0.1, 0.15) is 24.2 Å². The van der Waals surface area contributed by atoms with Gasteiger partial charge in [-0.15, -0.1) is 0 Å². The number of piperidine rings is 1. The van der Waals surface area contributed by atoms with Crippen molar-refractivity contribution < 1.29 is 27.8 Å². The van der Waals surface area contributed by atoms with Crippen molar-refractivity contribution >= 4 is 17.5 Å². The van der Waals surface area contributed by atoms with E-state index in [2.05, 4.69) is 4.98 Å². The number of nitrogens with zero attached hydrogens (tertiary/aromatic N) is 2. The highest BCUT2D eigenvalue weighted by molar-refractivity contribution is 6.32. The molecule has 0 spiro atoms. The normalized spacial score (nSPS) is 27.0. The van der Waals surface area contributed by atoms with Gasteiger partial charge in [-0.1, -0.05) is 17.7 Å². The topological polar surface area (TPSA) is 60.9 Å². The van der Waals surface area contributed by atoms with Gasteiger partial charge in [0.15, 0.2) is 0 Å². The fourth-order valence-corrected chi connectivity index (χ4v) is 4.92. The Labute approximate surface area is 189 Å². The van der Waals surface area contributed by atoms with Crippen molar-refractivity contribution in [3.8, 4) is 5.75 Å². The first kappa shape index (κ1) is 21.6. The molecular weight excluding hydrogens is 442 g/mol. The molecule has 3 fully saturated rings. The molecule has 9 heteroatoms. The average molecular weight is 465 g/mol. The fourth-order valence-electron chi connectivity index (χ4n) is 4.68.